The molecule has 1 aromatic rings. The molecule has 1 aromatic carbocycles. The Balaban J connectivity index is 2.99. The summed E-state index contributed by atoms with van der Waals surface area (Å²) in [5.74, 6) is -0.161. The zero-order valence-electron chi connectivity index (χ0n) is 8.59. The Bertz CT molecular complexity index is 364. The number of ether oxygens (including phenoxy) is 1. The highest BCUT2D eigenvalue weighted by molar-refractivity contribution is 6.32. The second-order valence-electron chi connectivity index (χ2n) is 3.37. The van der Waals surface area contributed by atoms with Crippen LogP contribution >= 0.6 is 11.6 Å². The quantitative estimate of drug-likeness (QED) is 0.742. The van der Waals surface area contributed by atoms with E-state index in [1.807, 2.05) is 13.8 Å². The maximum atomic E-state index is 12.1. The first-order valence-corrected chi connectivity index (χ1v) is 4.97. The molecule has 2 nitrogen and oxygen atoms in total. The Kier molecular flexibility index (Phi) is 4.09. The SMILES string of the molecule is CC(C)Oc1cc(C(=O)CF)ccc1Cl. The maximum Gasteiger partial charge on any atom is 0.193 e. The molecule has 0 spiro atoms. The Morgan fingerprint density at radius 1 is 1.53 bits per heavy atom. The predicted molar refractivity (Wildman–Crippen MR) is 57.5 cm³/mol. The first kappa shape index (κ1) is 12.0. The molecule has 0 amide bonds. The second kappa shape index (κ2) is 5.12. The number of benzene rings is 1. The molecule has 0 atom stereocenters. The maximum absolute atomic E-state index is 12.1. The van der Waals surface area contributed by atoms with Crippen molar-refractivity contribution in [1.29, 1.82) is 0 Å². The van der Waals surface area contributed by atoms with E-state index < -0.39 is 12.5 Å². The monoisotopic (exact) mass is 230 g/mol. The van der Waals surface area contributed by atoms with Gasteiger partial charge in [0.05, 0.1) is 11.1 Å². The minimum absolute atomic E-state index is 0.0433. The second-order valence-corrected chi connectivity index (χ2v) is 3.78. The van der Waals surface area contributed by atoms with Crippen molar-refractivity contribution >= 4 is 17.4 Å². The molecule has 1 rings (SSSR count). The van der Waals surface area contributed by atoms with Gasteiger partial charge in [0, 0.05) is 5.56 Å². The highest BCUT2D eigenvalue weighted by Crippen LogP contribution is 2.26. The lowest BCUT2D eigenvalue weighted by atomic mass is 10.1. The number of ketones is 1. The molecule has 82 valence electrons. The van der Waals surface area contributed by atoms with E-state index in [0.717, 1.165) is 0 Å². The summed E-state index contributed by atoms with van der Waals surface area (Å²) in [6.07, 6.45) is -0.0433. The van der Waals surface area contributed by atoms with Crippen molar-refractivity contribution < 1.29 is 13.9 Å². The van der Waals surface area contributed by atoms with Gasteiger partial charge in [-0.15, -0.1) is 0 Å². The molecular formula is C11H12ClFO2. The molecule has 0 aliphatic rings. The van der Waals surface area contributed by atoms with E-state index in [4.69, 9.17) is 16.3 Å². The summed E-state index contributed by atoms with van der Waals surface area (Å²) in [4.78, 5) is 11.1. The number of carbonyl (C=O) groups excluding carboxylic acids is 1. The van der Waals surface area contributed by atoms with E-state index >= 15 is 0 Å². The molecule has 0 saturated heterocycles. The molecule has 0 saturated carbocycles. The molecule has 0 radical (unpaired) electrons. The van der Waals surface area contributed by atoms with Gasteiger partial charge in [-0.2, -0.15) is 0 Å². The van der Waals surface area contributed by atoms with Crippen LogP contribution in [-0.4, -0.2) is 18.6 Å². The van der Waals surface area contributed by atoms with Crippen LogP contribution in [0, 0.1) is 0 Å². The van der Waals surface area contributed by atoms with Crippen molar-refractivity contribution in [2.75, 3.05) is 6.67 Å². The third-order valence-corrected chi connectivity index (χ3v) is 2.05. The topological polar surface area (TPSA) is 26.3 Å². The zero-order chi connectivity index (χ0) is 11.4. The van der Waals surface area contributed by atoms with Crippen LogP contribution in [0.15, 0.2) is 18.2 Å². The van der Waals surface area contributed by atoms with Gasteiger partial charge in [-0.1, -0.05) is 11.6 Å². The van der Waals surface area contributed by atoms with E-state index in [2.05, 4.69) is 0 Å². The lowest BCUT2D eigenvalue weighted by Gasteiger charge is -2.11. The predicted octanol–water partition coefficient (Wildman–Crippen LogP) is 3.28. The third-order valence-electron chi connectivity index (χ3n) is 1.74. The van der Waals surface area contributed by atoms with Crippen LogP contribution in [0.1, 0.15) is 24.2 Å². The summed E-state index contributed by atoms with van der Waals surface area (Å²) >= 11 is 5.86. The summed E-state index contributed by atoms with van der Waals surface area (Å²) in [5, 5.41) is 0.416. The Morgan fingerprint density at radius 2 is 2.20 bits per heavy atom. The lowest BCUT2D eigenvalue weighted by molar-refractivity contribution is 0.0958. The molecular weight excluding hydrogens is 219 g/mol. The average molecular weight is 231 g/mol. The Morgan fingerprint density at radius 3 is 2.73 bits per heavy atom. The van der Waals surface area contributed by atoms with Gasteiger partial charge in [-0.25, -0.2) is 4.39 Å². The minimum Gasteiger partial charge on any atom is -0.489 e. The van der Waals surface area contributed by atoms with Crippen molar-refractivity contribution in [3.05, 3.63) is 28.8 Å². The van der Waals surface area contributed by atoms with E-state index in [1.54, 1.807) is 0 Å². The highest BCUT2D eigenvalue weighted by atomic mass is 35.5. The lowest BCUT2D eigenvalue weighted by Crippen LogP contribution is -2.07. The molecule has 0 aromatic heterocycles. The number of hydrogen-bond donors (Lipinski definition) is 0. The van der Waals surface area contributed by atoms with Gasteiger partial charge in [0.25, 0.3) is 0 Å². The molecule has 0 aliphatic heterocycles. The van der Waals surface area contributed by atoms with Crippen LogP contribution in [0.2, 0.25) is 5.02 Å². The van der Waals surface area contributed by atoms with Gasteiger partial charge in [0.2, 0.25) is 0 Å². The van der Waals surface area contributed by atoms with Gasteiger partial charge < -0.3 is 4.74 Å². The van der Waals surface area contributed by atoms with E-state index in [9.17, 15) is 9.18 Å². The molecule has 0 heterocycles. The Labute approximate surface area is 93.0 Å². The fourth-order valence-corrected chi connectivity index (χ4v) is 1.26. The summed E-state index contributed by atoms with van der Waals surface area (Å²) in [5.41, 5.74) is 0.276. The van der Waals surface area contributed by atoms with Crippen LogP contribution in [0.3, 0.4) is 0 Å². The number of Topliss-reactive ketones (excluding diaryl/α,β-unsaturated/α-hetero) is 1. The van der Waals surface area contributed by atoms with Gasteiger partial charge in [0.15, 0.2) is 12.5 Å². The summed E-state index contributed by atoms with van der Waals surface area (Å²) in [7, 11) is 0. The highest BCUT2D eigenvalue weighted by Gasteiger charge is 2.10. The largest absolute Gasteiger partial charge is 0.489 e. The molecule has 0 unspecified atom stereocenters. The van der Waals surface area contributed by atoms with Crippen molar-refractivity contribution in [3.8, 4) is 5.75 Å². The van der Waals surface area contributed by atoms with Crippen molar-refractivity contribution in [1.82, 2.24) is 0 Å². The molecule has 0 fully saturated rings. The molecule has 15 heavy (non-hydrogen) atoms. The van der Waals surface area contributed by atoms with Crippen molar-refractivity contribution in [3.63, 3.8) is 0 Å². The van der Waals surface area contributed by atoms with Crippen molar-refractivity contribution in [2.45, 2.75) is 20.0 Å². The number of carbonyl (C=O) groups is 1. The first-order chi connectivity index (χ1) is 7.04. The fourth-order valence-electron chi connectivity index (χ4n) is 1.10. The Hall–Kier alpha value is -1.09. The number of halogens is 2. The van der Waals surface area contributed by atoms with Gasteiger partial charge in [-0.3, -0.25) is 4.79 Å². The van der Waals surface area contributed by atoms with E-state index in [0.29, 0.717) is 10.8 Å². The minimum atomic E-state index is -1.01. The smallest absolute Gasteiger partial charge is 0.193 e. The summed E-state index contributed by atoms with van der Waals surface area (Å²) in [6, 6.07) is 4.48. The first-order valence-electron chi connectivity index (χ1n) is 4.60. The van der Waals surface area contributed by atoms with Crippen LogP contribution in [-0.2, 0) is 0 Å². The fraction of sp³-hybridized carbons (Fsp3) is 0.364. The average Bonchev–Trinajstić information content (AvgIpc) is 2.19. The van der Waals surface area contributed by atoms with E-state index in [1.165, 1.54) is 18.2 Å². The molecule has 0 N–H and O–H groups in total. The standard InChI is InChI=1S/C11H12ClFO2/c1-7(2)15-11-5-8(10(14)6-13)3-4-9(11)12/h3-5,7H,6H2,1-2H3. The summed E-state index contributed by atoms with van der Waals surface area (Å²) in [6.45, 7) is 2.68. The van der Waals surface area contributed by atoms with Gasteiger partial charge in [-0.05, 0) is 32.0 Å². The van der Waals surface area contributed by atoms with Crippen LogP contribution in [0.4, 0.5) is 4.39 Å². The molecule has 0 bridgehead atoms. The van der Waals surface area contributed by atoms with E-state index in [-0.39, 0.29) is 11.7 Å². The molecule has 0 aliphatic carbocycles. The normalized spacial score (nSPS) is 10.5. The number of hydrogen-bond acceptors (Lipinski definition) is 2. The zero-order valence-corrected chi connectivity index (χ0v) is 9.34. The van der Waals surface area contributed by atoms with Crippen LogP contribution in [0.25, 0.3) is 0 Å². The third kappa shape index (κ3) is 3.20. The van der Waals surface area contributed by atoms with Gasteiger partial charge >= 0.3 is 0 Å². The summed E-state index contributed by atoms with van der Waals surface area (Å²) < 4.78 is 17.5. The van der Waals surface area contributed by atoms with Crippen LogP contribution in [0.5, 0.6) is 5.75 Å². The van der Waals surface area contributed by atoms with Gasteiger partial charge in [0.1, 0.15) is 5.75 Å². The number of alkyl halides is 1. The molecule has 4 heteroatoms. The van der Waals surface area contributed by atoms with Crippen molar-refractivity contribution in [2.24, 2.45) is 0 Å². The number of rotatable bonds is 4. The van der Waals surface area contributed by atoms with Crippen LogP contribution < -0.4 is 4.74 Å².